The van der Waals surface area contributed by atoms with E-state index in [0.717, 1.165) is 30.6 Å². The zero-order chi connectivity index (χ0) is 16.9. The number of hydrogen-bond acceptors (Lipinski definition) is 3. The summed E-state index contributed by atoms with van der Waals surface area (Å²) >= 11 is 0. The van der Waals surface area contributed by atoms with Gasteiger partial charge in [-0.05, 0) is 57.7 Å². The quantitative estimate of drug-likeness (QED) is 0.847. The number of amides is 2. The van der Waals surface area contributed by atoms with Gasteiger partial charge in [0.25, 0.3) is 0 Å². The molecule has 1 aliphatic heterocycles. The third kappa shape index (κ3) is 4.86. The molecule has 5 heteroatoms. The maximum absolute atomic E-state index is 12.3. The van der Waals surface area contributed by atoms with E-state index in [1.54, 1.807) is 18.7 Å². The molecule has 5 nitrogen and oxygen atoms in total. The highest BCUT2D eigenvalue weighted by Crippen LogP contribution is 2.26. The molecule has 0 saturated carbocycles. The summed E-state index contributed by atoms with van der Waals surface area (Å²) in [6.45, 7) is 7.42. The van der Waals surface area contributed by atoms with Crippen LogP contribution in [-0.2, 0) is 6.42 Å². The van der Waals surface area contributed by atoms with Crippen LogP contribution >= 0.6 is 0 Å². The standard InChI is InChI=1S/C18H28N2O3/c1-4-23-15-8-5-7-14(13-15)10-11-19-17(21)20-12-6-9-16(20)18(2,3)22/h5,7-8,13,16,22H,4,6,9-12H2,1-3H3,(H,19,21)/t16-/m0/s1. The predicted molar refractivity (Wildman–Crippen MR) is 90.7 cm³/mol. The van der Waals surface area contributed by atoms with Crippen LogP contribution in [0.25, 0.3) is 0 Å². The van der Waals surface area contributed by atoms with Gasteiger partial charge in [-0.3, -0.25) is 0 Å². The molecule has 1 heterocycles. The molecule has 1 atom stereocenters. The lowest BCUT2D eigenvalue weighted by atomic mass is 9.97. The van der Waals surface area contributed by atoms with Crippen LogP contribution in [0.3, 0.4) is 0 Å². The zero-order valence-corrected chi connectivity index (χ0v) is 14.3. The molecule has 0 bridgehead atoms. The molecule has 23 heavy (non-hydrogen) atoms. The zero-order valence-electron chi connectivity index (χ0n) is 14.3. The van der Waals surface area contributed by atoms with Crippen molar-refractivity contribution in [3.63, 3.8) is 0 Å². The van der Waals surface area contributed by atoms with E-state index >= 15 is 0 Å². The largest absolute Gasteiger partial charge is 0.494 e. The van der Waals surface area contributed by atoms with E-state index in [4.69, 9.17) is 4.74 Å². The fourth-order valence-electron chi connectivity index (χ4n) is 3.12. The Kier molecular flexibility index (Phi) is 5.88. The average Bonchev–Trinajstić information content (AvgIpc) is 2.97. The summed E-state index contributed by atoms with van der Waals surface area (Å²) in [5, 5.41) is 13.1. The molecule has 1 aromatic rings. The van der Waals surface area contributed by atoms with Gasteiger partial charge in [0.05, 0.1) is 18.2 Å². The van der Waals surface area contributed by atoms with Crippen LogP contribution in [0.15, 0.2) is 24.3 Å². The molecule has 0 aromatic heterocycles. The van der Waals surface area contributed by atoms with Gasteiger partial charge in [0.1, 0.15) is 5.75 Å². The van der Waals surface area contributed by atoms with Gasteiger partial charge in [-0.1, -0.05) is 12.1 Å². The van der Waals surface area contributed by atoms with E-state index in [0.29, 0.717) is 19.7 Å². The molecule has 2 N–H and O–H groups in total. The Morgan fingerprint density at radius 3 is 2.96 bits per heavy atom. The second kappa shape index (κ2) is 7.68. The number of nitrogens with one attached hydrogen (secondary N) is 1. The maximum atomic E-state index is 12.3. The molecule has 1 aliphatic rings. The summed E-state index contributed by atoms with van der Waals surface area (Å²) < 4.78 is 5.48. The summed E-state index contributed by atoms with van der Waals surface area (Å²) in [4.78, 5) is 14.1. The molecule has 0 spiro atoms. The van der Waals surface area contributed by atoms with Crippen LogP contribution in [-0.4, -0.2) is 47.4 Å². The Hall–Kier alpha value is -1.75. The predicted octanol–water partition coefficient (Wildman–Crippen LogP) is 2.57. The normalized spacial score (nSPS) is 18.1. The van der Waals surface area contributed by atoms with Crippen molar-refractivity contribution in [3.05, 3.63) is 29.8 Å². The molecule has 2 rings (SSSR count). The van der Waals surface area contributed by atoms with E-state index in [-0.39, 0.29) is 12.1 Å². The molecular formula is C18H28N2O3. The highest BCUT2D eigenvalue weighted by atomic mass is 16.5. The molecule has 0 aliphatic carbocycles. The lowest BCUT2D eigenvalue weighted by molar-refractivity contribution is 0.00986. The summed E-state index contributed by atoms with van der Waals surface area (Å²) in [6.07, 6.45) is 2.56. The first kappa shape index (κ1) is 17.6. The summed E-state index contributed by atoms with van der Waals surface area (Å²) in [5.74, 6) is 0.859. The van der Waals surface area contributed by atoms with Crippen molar-refractivity contribution in [2.75, 3.05) is 19.7 Å². The number of rotatable bonds is 6. The Morgan fingerprint density at radius 1 is 1.48 bits per heavy atom. The van der Waals surface area contributed by atoms with Crippen LogP contribution in [0.4, 0.5) is 4.79 Å². The average molecular weight is 320 g/mol. The molecule has 1 saturated heterocycles. The van der Waals surface area contributed by atoms with Gasteiger partial charge in [0, 0.05) is 13.1 Å². The Morgan fingerprint density at radius 2 is 2.26 bits per heavy atom. The monoisotopic (exact) mass is 320 g/mol. The molecule has 1 aromatic carbocycles. The first-order valence-corrected chi connectivity index (χ1v) is 8.40. The van der Waals surface area contributed by atoms with Gasteiger partial charge in [0.15, 0.2) is 0 Å². The number of nitrogens with zero attached hydrogens (tertiary/aromatic N) is 1. The minimum absolute atomic E-state index is 0.0874. The fraction of sp³-hybridized carbons (Fsp3) is 0.611. The molecule has 128 valence electrons. The lowest BCUT2D eigenvalue weighted by Crippen LogP contribution is -2.51. The second-order valence-electron chi connectivity index (χ2n) is 6.57. The SMILES string of the molecule is CCOc1cccc(CCNC(=O)N2CCC[C@H]2C(C)(C)O)c1. The number of ether oxygens (including phenoxy) is 1. The first-order valence-electron chi connectivity index (χ1n) is 8.40. The van der Waals surface area contributed by atoms with Crippen molar-refractivity contribution in [2.45, 2.75) is 51.7 Å². The number of carbonyl (C=O) groups is 1. The lowest BCUT2D eigenvalue weighted by Gasteiger charge is -2.33. The number of carbonyl (C=O) groups excluding carboxylic acids is 1. The highest BCUT2D eigenvalue weighted by Gasteiger charge is 2.38. The van der Waals surface area contributed by atoms with Gasteiger partial charge in [-0.2, -0.15) is 0 Å². The van der Waals surface area contributed by atoms with E-state index in [2.05, 4.69) is 5.32 Å². The van der Waals surface area contributed by atoms with Gasteiger partial charge < -0.3 is 20.1 Å². The third-order valence-electron chi connectivity index (χ3n) is 4.23. The number of aliphatic hydroxyl groups is 1. The Labute approximate surface area is 138 Å². The first-order chi connectivity index (χ1) is 10.9. The van der Waals surface area contributed by atoms with E-state index in [9.17, 15) is 9.90 Å². The number of urea groups is 1. The number of hydrogen-bond donors (Lipinski definition) is 2. The van der Waals surface area contributed by atoms with Gasteiger partial charge in [-0.25, -0.2) is 4.79 Å². The van der Waals surface area contributed by atoms with Crippen LogP contribution in [0, 0.1) is 0 Å². The molecule has 2 amide bonds. The van der Waals surface area contributed by atoms with Crippen LogP contribution in [0.1, 0.15) is 39.2 Å². The Bertz CT molecular complexity index is 525. The van der Waals surface area contributed by atoms with Crippen LogP contribution in [0.5, 0.6) is 5.75 Å². The third-order valence-corrected chi connectivity index (χ3v) is 4.23. The van der Waals surface area contributed by atoms with Gasteiger partial charge in [-0.15, -0.1) is 0 Å². The van der Waals surface area contributed by atoms with Gasteiger partial charge >= 0.3 is 6.03 Å². The van der Waals surface area contributed by atoms with Gasteiger partial charge in [0.2, 0.25) is 0 Å². The minimum Gasteiger partial charge on any atom is -0.494 e. The van der Waals surface area contributed by atoms with E-state index < -0.39 is 5.60 Å². The minimum atomic E-state index is -0.861. The van der Waals surface area contributed by atoms with Crippen molar-refractivity contribution < 1.29 is 14.6 Å². The second-order valence-corrected chi connectivity index (χ2v) is 6.57. The summed E-state index contributed by atoms with van der Waals surface area (Å²) in [7, 11) is 0. The Balaban J connectivity index is 1.84. The summed E-state index contributed by atoms with van der Waals surface area (Å²) in [5.41, 5.74) is 0.274. The van der Waals surface area contributed by atoms with Crippen molar-refractivity contribution >= 4 is 6.03 Å². The van der Waals surface area contributed by atoms with Crippen LogP contribution < -0.4 is 10.1 Å². The molecule has 0 radical (unpaired) electrons. The molecular weight excluding hydrogens is 292 g/mol. The van der Waals surface area contributed by atoms with Crippen LogP contribution in [0.2, 0.25) is 0 Å². The van der Waals surface area contributed by atoms with E-state index in [1.165, 1.54) is 0 Å². The fourth-order valence-corrected chi connectivity index (χ4v) is 3.12. The molecule has 0 unspecified atom stereocenters. The van der Waals surface area contributed by atoms with Crippen molar-refractivity contribution in [3.8, 4) is 5.75 Å². The van der Waals surface area contributed by atoms with Crippen molar-refractivity contribution in [1.82, 2.24) is 10.2 Å². The molecule has 1 fully saturated rings. The number of benzene rings is 1. The summed E-state index contributed by atoms with van der Waals surface area (Å²) in [6, 6.07) is 7.74. The van der Waals surface area contributed by atoms with Crippen molar-refractivity contribution in [2.24, 2.45) is 0 Å². The smallest absolute Gasteiger partial charge is 0.317 e. The van der Waals surface area contributed by atoms with Crippen molar-refractivity contribution in [1.29, 1.82) is 0 Å². The maximum Gasteiger partial charge on any atom is 0.317 e. The topological polar surface area (TPSA) is 61.8 Å². The highest BCUT2D eigenvalue weighted by molar-refractivity contribution is 5.75. The number of likely N-dealkylation sites (tertiary alicyclic amines) is 1. The van der Waals surface area contributed by atoms with E-state index in [1.807, 2.05) is 31.2 Å².